The molecule has 1 saturated heterocycles. The number of piperidine rings is 1. The van der Waals surface area contributed by atoms with E-state index in [0.717, 1.165) is 68.5 Å². The Morgan fingerprint density at radius 2 is 1.96 bits per heavy atom. The van der Waals surface area contributed by atoms with Crippen molar-refractivity contribution >= 4 is 29.9 Å². The fourth-order valence-electron chi connectivity index (χ4n) is 3.40. The van der Waals surface area contributed by atoms with Crippen LogP contribution in [0, 0.1) is 25.7 Å². The van der Waals surface area contributed by atoms with Crippen molar-refractivity contribution in [2.45, 2.75) is 66.8 Å². The molecule has 2 N–H and O–H groups in total. The molecule has 1 aromatic heterocycles. The number of likely N-dealkylation sites (tertiary alicyclic amines) is 1. The van der Waals surface area contributed by atoms with Crippen LogP contribution in [-0.2, 0) is 6.54 Å². The summed E-state index contributed by atoms with van der Waals surface area (Å²) in [5.74, 6) is 4.18. The van der Waals surface area contributed by atoms with E-state index in [1.54, 1.807) is 0 Å². The van der Waals surface area contributed by atoms with Gasteiger partial charge in [-0.15, -0.1) is 24.0 Å². The van der Waals surface area contributed by atoms with E-state index in [4.69, 9.17) is 9.41 Å². The minimum atomic E-state index is 0. The molecule has 2 heterocycles. The normalized spacial score (nSPS) is 16.3. The number of nitrogens with zero attached hydrogens (tertiary/aromatic N) is 3. The quantitative estimate of drug-likeness (QED) is 0.229. The van der Waals surface area contributed by atoms with Gasteiger partial charge in [0.15, 0.2) is 5.96 Å². The maximum absolute atomic E-state index is 5.72. The van der Waals surface area contributed by atoms with Gasteiger partial charge in [0, 0.05) is 19.6 Å². The first-order valence-corrected chi connectivity index (χ1v) is 10.6. The standard InChI is InChI=1S/C21H39N5O.HI/c1-6-22-21(23-11-7-8-16(2)3)24-14-19-9-12-26(13-10-19)15-20-25-17(4)18(5)27-20;/h16,19H,6-15H2,1-5H3,(H2,22,23,24);1H. The monoisotopic (exact) mass is 505 g/mol. The third kappa shape index (κ3) is 9.11. The molecule has 0 aliphatic carbocycles. The highest BCUT2D eigenvalue weighted by molar-refractivity contribution is 14.0. The summed E-state index contributed by atoms with van der Waals surface area (Å²) < 4.78 is 5.72. The van der Waals surface area contributed by atoms with Crippen molar-refractivity contribution in [1.82, 2.24) is 20.5 Å². The van der Waals surface area contributed by atoms with E-state index in [1.165, 1.54) is 25.7 Å². The second-order valence-electron chi connectivity index (χ2n) is 8.15. The highest BCUT2D eigenvalue weighted by Gasteiger charge is 2.20. The smallest absolute Gasteiger partial charge is 0.208 e. The first-order valence-electron chi connectivity index (χ1n) is 10.6. The molecule has 2 rings (SSSR count). The van der Waals surface area contributed by atoms with E-state index < -0.39 is 0 Å². The Morgan fingerprint density at radius 3 is 2.54 bits per heavy atom. The fourth-order valence-corrected chi connectivity index (χ4v) is 3.40. The van der Waals surface area contributed by atoms with Crippen LogP contribution in [0.4, 0.5) is 0 Å². The van der Waals surface area contributed by atoms with Crippen LogP contribution in [-0.4, -0.2) is 48.6 Å². The van der Waals surface area contributed by atoms with E-state index in [0.29, 0.717) is 5.92 Å². The molecule has 162 valence electrons. The SMILES string of the molecule is CCNC(=NCC1CCN(Cc2nc(C)c(C)o2)CC1)NCCCC(C)C.I. The summed E-state index contributed by atoms with van der Waals surface area (Å²) in [5.41, 5.74) is 1.01. The maximum Gasteiger partial charge on any atom is 0.208 e. The Labute approximate surface area is 188 Å². The van der Waals surface area contributed by atoms with Crippen molar-refractivity contribution in [3.8, 4) is 0 Å². The second kappa shape index (κ2) is 13.4. The Balaban J connectivity index is 0.00000392. The lowest BCUT2D eigenvalue weighted by atomic mass is 9.97. The summed E-state index contributed by atoms with van der Waals surface area (Å²) in [6, 6.07) is 0. The van der Waals surface area contributed by atoms with E-state index in [2.05, 4.69) is 41.3 Å². The lowest BCUT2D eigenvalue weighted by molar-refractivity contribution is 0.166. The van der Waals surface area contributed by atoms with E-state index in [-0.39, 0.29) is 24.0 Å². The van der Waals surface area contributed by atoms with Crippen LogP contribution in [0.3, 0.4) is 0 Å². The average molecular weight is 505 g/mol. The van der Waals surface area contributed by atoms with E-state index >= 15 is 0 Å². The summed E-state index contributed by atoms with van der Waals surface area (Å²) in [5, 5.41) is 6.84. The van der Waals surface area contributed by atoms with Crippen molar-refractivity contribution in [2.75, 3.05) is 32.7 Å². The number of guanidine groups is 1. The molecule has 0 spiro atoms. The van der Waals surface area contributed by atoms with Crippen molar-refractivity contribution in [2.24, 2.45) is 16.8 Å². The number of hydrogen-bond donors (Lipinski definition) is 2. The molecular formula is C21H40IN5O. The van der Waals surface area contributed by atoms with Crippen LogP contribution in [0.2, 0.25) is 0 Å². The number of halogens is 1. The Morgan fingerprint density at radius 1 is 1.25 bits per heavy atom. The van der Waals surface area contributed by atoms with Gasteiger partial charge in [0.25, 0.3) is 0 Å². The van der Waals surface area contributed by atoms with Crippen molar-refractivity contribution in [1.29, 1.82) is 0 Å². The zero-order valence-electron chi connectivity index (χ0n) is 18.4. The van der Waals surface area contributed by atoms with Gasteiger partial charge in [-0.1, -0.05) is 13.8 Å². The molecule has 0 radical (unpaired) electrons. The molecule has 1 aliphatic heterocycles. The van der Waals surface area contributed by atoms with Crippen LogP contribution in [0.5, 0.6) is 0 Å². The third-order valence-corrected chi connectivity index (χ3v) is 5.24. The van der Waals surface area contributed by atoms with Crippen LogP contribution in [0.25, 0.3) is 0 Å². The summed E-state index contributed by atoms with van der Waals surface area (Å²) in [6.45, 7) is 16.5. The number of aryl methyl sites for hydroxylation is 2. The van der Waals surface area contributed by atoms with E-state index in [1.807, 2.05) is 13.8 Å². The van der Waals surface area contributed by atoms with Gasteiger partial charge in [-0.3, -0.25) is 9.89 Å². The van der Waals surface area contributed by atoms with Gasteiger partial charge in [0.1, 0.15) is 5.76 Å². The number of aliphatic imine (C=N–C) groups is 1. The molecule has 0 amide bonds. The molecule has 0 aromatic carbocycles. The molecule has 0 atom stereocenters. The maximum atomic E-state index is 5.72. The van der Waals surface area contributed by atoms with Crippen LogP contribution >= 0.6 is 24.0 Å². The largest absolute Gasteiger partial charge is 0.444 e. The highest BCUT2D eigenvalue weighted by atomic mass is 127. The van der Waals surface area contributed by atoms with Gasteiger partial charge in [-0.25, -0.2) is 4.98 Å². The van der Waals surface area contributed by atoms with E-state index in [9.17, 15) is 0 Å². The summed E-state index contributed by atoms with van der Waals surface area (Å²) >= 11 is 0. The molecule has 7 heteroatoms. The van der Waals surface area contributed by atoms with Gasteiger partial charge in [-0.05, 0) is 71.4 Å². The number of aromatic nitrogens is 1. The topological polar surface area (TPSA) is 65.7 Å². The van der Waals surface area contributed by atoms with Gasteiger partial charge in [-0.2, -0.15) is 0 Å². The zero-order valence-corrected chi connectivity index (χ0v) is 20.7. The number of hydrogen-bond acceptors (Lipinski definition) is 4. The summed E-state index contributed by atoms with van der Waals surface area (Å²) in [4.78, 5) is 11.8. The number of rotatable bonds is 9. The van der Waals surface area contributed by atoms with Gasteiger partial charge >= 0.3 is 0 Å². The minimum absolute atomic E-state index is 0. The molecular weight excluding hydrogens is 465 g/mol. The van der Waals surface area contributed by atoms with Crippen molar-refractivity contribution < 1.29 is 4.42 Å². The third-order valence-electron chi connectivity index (χ3n) is 5.24. The van der Waals surface area contributed by atoms with Crippen molar-refractivity contribution in [3.63, 3.8) is 0 Å². The van der Waals surface area contributed by atoms with Gasteiger partial charge < -0.3 is 15.1 Å². The Bertz CT molecular complexity index is 560. The highest BCUT2D eigenvalue weighted by Crippen LogP contribution is 2.20. The van der Waals surface area contributed by atoms with Crippen LogP contribution in [0.1, 0.15) is 63.8 Å². The van der Waals surface area contributed by atoms with Crippen molar-refractivity contribution in [3.05, 3.63) is 17.3 Å². The Hall–Kier alpha value is -0.830. The van der Waals surface area contributed by atoms with Gasteiger partial charge in [0.05, 0.1) is 12.2 Å². The van der Waals surface area contributed by atoms with Crippen LogP contribution < -0.4 is 10.6 Å². The lowest BCUT2D eigenvalue weighted by Crippen LogP contribution is -2.39. The molecule has 0 bridgehead atoms. The number of nitrogens with one attached hydrogen (secondary N) is 2. The molecule has 6 nitrogen and oxygen atoms in total. The molecule has 1 aliphatic rings. The van der Waals surface area contributed by atoms with Gasteiger partial charge in [0.2, 0.25) is 5.89 Å². The lowest BCUT2D eigenvalue weighted by Gasteiger charge is -2.30. The molecule has 0 saturated carbocycles. The predicted molar refractivity (Wildman–Crippen MR) is 127 cm³/mol. The van der Waals surface area contributed by atoms with Crippen LogP contribution in [0.15, 0.2) is 9.41 Å². The zero-order chi connectivity index (χ0) is 19.6. The first kappa shape index (κ1) is 25.2. The molecule has 1 aromatic rings. The number of oxazole rings is 1. The Kier molecular flexibility index (Phi) is 12.1. The predicted octanol–water partition coefficient (Wildman–Crippen LogP) is 4.11. The second-order valence-corrected chi connectivity index (χ2v) is 8.15. The summed E-state index contributed by atoms with van der Waals surface area (Å²) in [6.07, 6.45) is 4.83. The molecule has 1 fully saturated rings. The molecule has 0 unspecified atom stereocenters. The minimum Gasteiger partial charge on any atom is -0.444 e. The first-order chi connectivity index (χ1) is 13.0. The molecule has 28 heavy (non-hydrogen) atoms. The summed E-state index contributed by atoms with van der Waals surface area (Å²) in [7, 11) is 0. The average Bonchev–Trinajstić information content (AvgIpc) is 2.95. The fraction of sp³-hybridized carbons (Fsp3) is 0.810.